The summed E-state index contributed by atoms with van der Waals surface area (Å²) in [6, 6.07) is 0. The molecule has 0 saturated carbocycles. The molecule has 0 aromatic heterocycles. The van der Waals surface area contributed by atoms with E-state index < -0.39 is 11.3 Å². The summed E-state index contributed by atoms with van der Waals surface area (Å²) in [6.45, 7) is 1.26. The van der Waals surface area contributed by atoms with Crippen molar-refractivity contribution in [2.45, 2.75) is 18.9 Å². The van der Waals surface area contributed by atoms with Gasteiger partial charge in [-0.1, -0.05) is 5.01 Å². The van der Waals surface area contributed by atoms with Crippen molar-refractivity contribution in [1.82, 2.24) is 10.3 Å². The Kier molecular flexibility index (Phi) is 2.30. The Morgan fingerprint density at radius 3 is 3.00 bits per heavy atom. The van der Waals surface area contributed by atoms with Gasteiger partial charge >= 0.3 is 0 Å². The molecule has 2 saturated heterocycles. The van der Waals surface area contributed by atoms with E-state index in [2.05, 4.69) is 5.32 Å². The summed E-state index contributed by atoms with van der Waals surface area (Å²) in [6.07, 6.45) is -0.175. The number of nitrogens with one attached hydrogen (secondary N) is 1. The highest BCUT2D eigenvalue weighted by molar-refractivity contribution is 4.74. The summed E-state index contributed by atoms with van der Waals surface area (Å²) >= 11 is 0. The zero-order chi connectivity index (χ0) is 9.26. The molecule has 2 atom stereocenters. The molecule has 0 aromatic carbocycles. The van der Waals surface area contributed by atoms with Gasteiger partial charge in [0.1, 0.15) is 6.67 Å². The highest BCUT2D eigenvalue weighted by atomic mass is 16.7. The van der Waals surface area contributed by atoms with Crippen LogP contribution >= 0.6 is 0 Å². The third-order valence-electron chi connectivity index (χ3n) is 2.09. The number of hydrogen-bond donors (Lipinski definition) is 1. The van der Waals surface area contributed by atoms with Gasteiger partial charge in [0.05, 0.1) is 13.2 Å². The van der Waals surface area contributed by atoms with Crippen LogP contribution in [0.25, 0.3) is 0 Å². The third kappa shape index (κ3) is 1.58. The number of hydrazine groups is 1. The molecule has 2 unspecified atom stereocenters. The Balaban J connectivity index is 2.06. The van der Waals surface area contributed by atoms with Gasteiger partial charge in [-0.05, 0) is 6.42 Å². The molecule has 2 aliphatic rings. The molecule has 2 heterocycles. The number of nitrogens with zero attached hydrogens (tertiary/aromatic N) is 2. The fraction of sp³-hybridized carbons (Fsp3) is 1.00. The first-order valence-electron chi connectivity index (χ1n) is 4.16. The van der Waals surface area contributed by atoms with Crippen LogP contribution in [-0.2, 0) is 9.47 Å². The molecule has 13 heavy (non-hydrogen) atoms. The van der Waals surface area contributed by atoms with Crippen LogP contribution in [-0.4, -0.2) is 42.4 Å². The Bertz CT molecular complexity index is 212. The smallest absolute Gasteiger partial charge is 0.228 e. The van der Waals surface area contributed by atoms with Crippen LogP contribution in [0.15, 0.2) is 0 Å². The molecule has 2 rings (SSSR count). The molecule has 0 aromatic rings. The molecule has 7 heteroatoms. The minimum atomic E-state index is -0.586. The maximum absolute atomic E-state index is 10.5. The number of hydrogen-bond acceptors (Lipinski definition) is 5. The highest BCUT2D eigenvalue weighted by Crippen LogP contribution is 2.17. The van der Waals surface area contributed by atoms with Gasteiger partial charge in [-0.15, -0.1) is 0 Å². The van der Waals surface area contributed by atoms with Crippen LogP contribution in [0.5, 0.6) is 0 Å². The molecule has 0 radical (unpaired) electrons. The Morgan fingerprint density at radius 2 is 2.23 bits per heavy atom. The van der Waals surface area contributed by atoms with Gasteiger partial charge in [0.2, 0.25) is 6.23 Å². The highest BCUT2D eigenvalue weighted by Gasteiger charge is 2.42. The van der Waals surface area contributed by atoms with Gasteiger partial charge in [0.15, 0.2) is 11.3 Å². The molecule has 1 N–H and O–H groups in total. The quantitative estimate of drug-likeness (QED) is 0.427. The number of rotatable bonds is 1. The average Bonchev–Trinajstić information content (AvgIpc) is 2.36. The number of nitro groups is 1. The Morgan fingerprint density at radius 1 is 1.46 bits per heavy atom. The summed E-state index contributed by atoms with van der Waals surface area (Å²) in [5.74, 6) is 0. The first-order valence-corrected chi connectivity index (χ1v) is 4.16. The van der Waals surface area contributed by atoms with E-state index in [0.29, 0.717) is 13.2 Å². The van der Waals surface area contributed by atoms with Crippen LogP contribution in [0.2, 0.25) is 0 Å². The summed E-state index contributed by atoms with van der Waals surface area (Å²) in [5.41, 5.74) is 0. The molecule has 74 valence electrons. The van der Waals surface area contributed by atoms with Crippen molar-refractivity contribution < 1.29 is 14.5 Å². The second-order valence-electron chi connectivity index (χ2n) is 2.95. The zero-order valence-corrected chi connectivity index (χ0v) is 7.01. The van der Waals surface area contributed by atoms with E-state index in [4.69, 9.17) is 9.47 Å². The second-order valence-corrected chi connectivity index (χ2v) is 2.95. The minimum Gasteiger partial charge on any atom is -0.358 e. The lowest BCUT2D eigenvalue weighted by Crippen LogP contribution is -2.41. The molecule has 0 spiro atoms. The lowest BCUT2D eigenvalue weighted by atomic mass is 10.5. The van der Waals surface area contributed by atoms with Crippen LogP contribution in [0.3, 0.4) is 0 Å². The van der Waals surface area contributed by atoms with Crippen molar-refractivity contribution in [3.05, 3.63) is 10.1 Å². The van der Waals surface area contributed by atoms with Crippen molar-refractivity contribution in [1.29, 1.82) is 0 Å². The van der Waals surface area contributed by atoms with Gasteiger partial charge in [0, 0.05) is 0 Å². The summed E-state index contributed by atoms with van der Waals surface area (Å²) in [7, 11) is 0. The molecule has 0 aliphatic carbocycles. The van der Waals surface area contributed by atoms with Crippen molar-refractivity contribution in [3.63, 3.8) is 0 Å². The fourth-order valence-electron chi connectivity index (χ4n) is 1.47. The zero-order valence-electron chi connectivity index (χ0n) is 7.01. The largest absolute Gasteiger partial charge is 0.358 e. The lowest BCUT2D eigenvalue weighted by molar-refractivity contribution is -0.671. The second kappa shape index (κ2) is 3.44. The van der Waals surface area contributed by atoms with Crippen LogP contribution in [0, 0.1) is 10.1 Å². The predicted octanol–water partition coefficient (Wildman–Crippen LogP) is -0.870. The molecule has 0 amide bonds. The number of fused-ring (bicyclic) bond motifs is 1. The summed E-state index contributed by atoms with van der Waals surface area (Å²) < 4.78 is 10.6. The van der Waals surface area contributed by atoms with Crippen LogP contribution in [0.4, 0.5) is 0 Å². The fourth-order valence-corrected chi connectivity index (χ4v) is 1.47. The van der Waals surface area contributed by atoms with E-state index >= 15 is 0 Å². The van der Waals surface area contributed by atoms with Crippen molar-refractivity contribution in [3.8, 4) is 0 Å². The van der Waals surface area contributed by atoms with Crippen molar-refractivity contribution >= 4 is 0 Å². The van der Waals surface area contributed by atoms with Gasteiger partial charge in [0.25, 0.3) is 0 Å². The van der Waals surface area contributed by atoms with Crippen LogP contribution in [0.1, 0.15) is 6.42 Å². The van der Waals surface area contributed by atoms with Crippen molar-refractivity contribution in [2.24, 2.45) is 0 Å². The van der Waals surface area contributed by atoms with Gasteiger partial charge in [-0.3, -0.25) is 5.32 Å². The molecule has 7 nitrogen and oxygen atoms in total. The molecular formula is C6H11N3O4. The van der Waals surface area contributed by atoms with E-state index in [1.165, 1.54) is 0 Å². The Labute approximate surface area is 74.7 Å². The first-order chi connectivity index (χ1) is 6.29. The van der Waals surface area contributed by atoms with Gasteiger partial charge in [-0.25, -0.2) is 10.1 Å². The first kappa shape index (κ1) is 8.67. The maximum atomic E-state index is 10.5. The average molecular weight is 189 g/mol. The van der Waals surface area contributed by atoms with Crippen molar-refractivity contribution in [2.75, 3.05) is 19.9 Å². The van der Waals surface area contributed by atoms with E-state index in [0.717, 1.165) is 11.4 Å². The predicted molar refractivity (Wildman–Crippen MR) is 40.9 cm³/mol. The van der Waals surface area contributed by atoms with E-state index in [9.17, 15) is 10.1 Å². The molecule has 2 fully saturated rings. The van der Waals surface area contributed by atoms with Gasteiger partial charge in [-0.2, -0.15) is 0 Å². The summed E-state index contributed by atoms with van der Waals surface area (Å²) in [5, 5.41) is 13.9. The van der Waals surface area contributed by atoms with Crippen LogP contribution < -0.4 is 5.32 Å². The topological polar surface area (TPSA) is 76.9 Å². The normalized spacial score (nSPS) is 34.0. The van der Waals surface area contributed by atoms with E-state index in [1.807, 2.05) is 0 Å². The summed E-state index contributed by atoms with van der Waals surface area (Å²) in [4.78, 5) is 10.5. The standard InChI is InChI=1S/C6H11N3O4/c10-9(11)8-4-7-5-6(8)13-3-1-2-12-5/h5-7H,1-4H2. The van der Waals surface area contributed by atoms with Gasteiger partial charge < -0.3 is 9.47 Å². The Hall–Kier alpha value is -0.920. The lowest BCUT2D eigenvalue weighted by Gasteiger charge is -2.17. The molecule has 0 bridgehead atoms. The SMILES string of the molecule is O=[N+]([O-])N1CNC2OCCCOC21. The monoisotopic (exact) mass is 189 g/mol. The number of ether oxygens (including phenoxy) is 2. The third-order valence-corrected chi connectivity index (χ3v) is 2.09. The minimum absolute atomic E-state index is 0.169. The molecule has 2 aliphatic heterocycles. The van der Waals surface area contributed by atoms with E-state index in [-0.39, 0.29) is 12.9 Å². The van der Waals surface area contributed by atoms with E-state index in [1.54, 1.807) is 0 Å². The maximum Gasteiger partial charge on any atom is 0.228 e. The molecular weight excluding hydrogens is 178 g/mol.